The maximum absolute atomic E-state index is 13.3. The normalized spacial score (nSPS) is 24.2. The van der Waals surface area contributed by atoms with Crippen molar-refractivity contribution < 1.29 is 9.18 Å². The summed E-state index contributed by atoms with van der Waals surface area (Å²) in [5.74, 6) is 0.652. The number of benzene rings is 1. The molecule has 0 bridgehead atoms. The first-order valence-corrected chi connectivity index (χ1v) is 9.16. The molecule has 25 heavy (non-hydrogen) atoms. The lowest BCUT2D eigenvalue weighted by Gasteiger charge is -2.25. The summed E-state index contributed by atoms with van der Waals surface area (Å²) in [5, 5.41) is 7.48. The zero-order valence-corrected chi connectivity index (χ0v) is 14.5. The fourth-order valence-corrected chi connectivity index (χ4v) is 4.18. The van der Waals surface area contributed by atoms with Gasteiger partial charge in [0.15, 0.2) is 0 Å². The summed E-state index contributed by atoms with van der Waals surface area (Å²) in [4.78, 5) is 12.8. The molecule has 2 aliphatic rings. The van der Waals surface area contributed by atoms with Gasteiger partial charge in [0, 0.05) is 19.2 Å². The molecule has 1 amide bonds. The highest BCUT2D eigenvalue weighted by atomic mass is 19.1. The van der Waals surface area contributed by atoms with Crippen LogP contribution in [0.2, 0.25) is 0 Å². The van der Waals surface area contributed by atoms with Crippen LogP contribution in [0.4, 0.5) is 4.39 Å². The fraction of sp³-hybridized carbons (Fsp3) is 0.500. The molecule has 132 valence electrons. The van der Waals surface area contributed by atoms with E-state index in [0.717, 1.165) is 30.4 Å². The smallest absolute Gasteiger partial charge is 0.224 e. The third-order valence-corrected chi connectivity index (χ3v) is 5.68. The Labute approximate surface area is 147 Å². The van der Waals surface area contributed by atoms with Crippen LogP contribution in [-0.2, 0) is 11.8 Å². The van der Waals surface area contributed by atoms with Crippen LogP contribution in [0.1, 0.15) is 55.2 Å². The van der Waals surface area contributed by atoms with Gasteiger partial charge >= 0.3 is 0 Å². The van der Waals surface area contributed by atoms with Crippen molar-refractivity contribution in [1.29, 1.82) is 0 Å². The Balaban J connectivity index is 1.47. The molecule has 1 heterocycles. The highest BCUT2D eigenvalue weighted by Gasteiger charge is 2.45. The molecule has 4 rings (SSSR count). The van der Waals surface area contributed by atoms with E-state index >= 15 is 0 Å². The molecule has 3 atom stereocenters. The van der Waals surface area contributed by atoms with Crippen molar-refractivity contribution in [2.24, 2.45) is 18.9 Å². The van der Waals surface area contributed by atoms with E-state index in [9.17, 15) is 9.18 Å². The van der Waals surface area contributed by atoms with Gasteiger partial charge < -0.3 is 5.32 Å². The molecule has 0 unspecified atom stereocenters. The maximum atomic E-state index is 13.3. The van der Waals surface area contributed by atoms with E-state index in [1.165, 1.54) is 25.0 Å². The van der Waals surface area contributed by atoms with Crippen LogP contribution in [0.15, 0.2) is 36.7 Å². The molecule has 1 aromatic heterocycles. The minimum absolute atomic E-state index is 0.00857. The van der Waals surface area contributed by atoms with E-state index < -0.39 is 0 Å². The summed E-state index contributed by atoms with van der Waals surface area (Å²) in [7, 11) is 1.89. The van der Waals surface area contributed by atoms with Crippen molar-refractivity contribution in [3.05, 3.63) is 53.6 Å². The number of aryl methyl sites for hydroxylation is 1. The summed E-state index contributed by atoms with van der Waals surface area (Å²) in [6.45, 7) is 0. The molecule has 0 aliphatic heterocycles. The summed E-state index contributed by atoms with van der Waals surface area (Å²) in [6.07, 6.45) is 9.40. The van der Waals surface area contributed by atoms with Crippen LogP contribution in [0, 0.1) is 17.7 Å². The lowest BCUT2D eigenvalue weighted by atomic mass is 9.91. The fourth-order valence-electron chi connectivity index (χ4n) is 4.18. The lowest BCUT2D eigenvalue weighted by Crippen LogP contribution is -2.34. The maximum Gasteiger partial charge on any atom is 0.224 e. The van der Waals surface area contributed by atoms with Gasteiger partial charge in [-0.05, 0) is 54.4 Å². The molecule has 2 aliphatic carbocycles. The highest BCUT2D eigenvalue weighted by Crippen LogP contribution is 2.48. The van der Waals surface area contributed by atoms with Crippen molar-refractivity contribution in [3.63, 3.8) is 0 Å². The average Bonchev–Trinajstić information content (AvgIpc) is 3.01. The Bertz CT molecular complexity index is 749. The van der Waals surface area contributed by atoms with Crippen LogP contribution in [0.3, 0.4) is 0 Å². The van der Waals surface area contributed by atoms with Crippen molar-refractivity contribution >= 4 is 5.91 Å². The summed E-state index contributed by atoms with van der Waals surface area (Å²) in [6, 6.07) is 6.58. The Kier molecular flexibility index (Phi) is 4.32. The molecule has 4 nitrogen and oxygen atoms in total. The quantitative estimate of drug-likeness (QED) is 0.901. The van der Waals surface area contributed by atoms with E-state index in [1.807, 2.05) is 31.6 Å². The predicted octanol–water partition coefficient (Wildman–Crippen LogP) is 3.71. The molecule has 1 aromatic carbocycles. The SMILES string of the molecule is Cn1cc([C@@H]2C[C@H]2C(=O)N[C@@H](c2ccc(F)cc2)C2CCCC2)cn1. The van der Waals surface area contributed by atoms with Gasteiger partial charge in [0.2, 0.25) is 5.91 Å². The monoisotopic (exact) mass is 341 g/mol. The van der Waals surface area contributed by atoms with Gasteiger partial charge in [-0.2, -0.15) is 5.10 Å². The largest absolute Gasteiger partial charge is 0.349 e. The van der Waals surface area contributed by atoms with Crippen LogP contribution in [0.25, 0.3) is 0 Å². The van der Waals surface area contributed by atoms with Crippen LogP contribution < -0.4 is 5.32 Å². The molecule has 5 heteroatoms. The van der Waals surface area contributed by atoms with Crippen LogP contribution >= 0.6 is 0 Å². The second-order valence-corrected chi connectivity index (χ2v) is 7.48. The summed E-state index contributed by atoms with van der Waals surface area (Å²) in [5.41, 5.74) is 2.15. The molecule has 1 N–H and O–H groups in total. The third kappa shape index (κ3) is 3.46. The number of nitrogens with zero attached hydrogens (tertiary/aromatic N) is 2. The van der Waals surface area contributed by atoms with Crippen LogP contribution in [-0.4, -0.2) is 15.7 Å². The van der Waals surface area contributed by atoms with E-state index in [1.54, 1.807) is 4.68 Å². The zero-order chi connectivity index (χ0) is 17.4. The van der Waals surface area contributed by atoms with Gasteiger partial charge in [-0.1, -0.05) is 25.0 Å². The minimum atomic E-state index is -0.237. The molecular formula is C20H24FN3O. The number of aromatic nitrogens is 2. The Morgan fingerprint density at radius 1 is 1.28 bits per heavy atom. The Morgan fingerprint density at radius 2 is 2.00 bits per heavy atom. The van der Waals surface area contributed by atoms with Gasteiger partial charge in [0.1, 0.15) is 5.82 Å². The Morgan fingerprint density at radius 3 is 2.64 bits per heavy atom. The summed E-state index contributed by atoms with van der Waals surface area (Å²) < 4.78 is 15.1. The van der Waals surface area contributed by atoms with Crippen molar-refractivity contribution in [3.8, 4) is 0 Å². The van der Waals surface area contributed by atoms with Crippen molar-refractivity contribution in [2.75, 3.05) is 0 Å². The topological polar surface area (TPSA) is 46.9 Å². The molecule has 0 radical (unpaired) electrons. The Hall–Kier alpha value is -2.17. The van der Waals surface area contributed by atoms with E-state index in [4.69, 9.17) is 0 Å². The second kappa shape index (κ2) is 6.62. The standard InChI is InChI=1S/C20H24FN3O/c1-24-12-15(11-22-24)17-10-18(17)20(25)23-19(13-4-2-3-5-13)14-6-8-16(21)9-7-14/h6-9,11-13,17-19H,2-5,10H2,1H3,(H,23,25)/t17-,18+,19+/m0/s1. The number of hydrogen-bond donors (Lipinski definition) is 1. The first-order chi connectivity index (χ1) is 12.1. The number of nitrogens with one attached hydrogen (secondary N) is 1. The van der Waals surface area contributed by atoms with Crippen molar-refractivity contribution in [2.45, 2.75) is 44.1 Å². The lowest BCUT2D eigenvalue weighted by molar-refractivity contribution is -0.123. The average molecular weight is 341 g/mol. The third-order valence-electron chi connectivity index (χ3n) is 5.68. The molecular weight excluding hydrogens is 317 g/mol. The van der Waals surface area contributed by atoms with Gasteiger partial charge in [0.05, 0.1) is 12.2 Å². The first-order valence-electron chi connectivity index (χ1n) is 9.16. The minimum Gasteiger partial charge on any atom is -0.349 e. The molecule has 0 spiro atoms. The second-order valence-electron chi connectivity index (χ2n) is 7.48. The molecule has 2 aromatic rings. The number of amides is 1. The highest BCUT2D eigenvalue weighted by molar-refractivity contribution is 5.83. The van der Waals surface area contributed by atoms with E-state index in [-0.39, 0.29) is 29.6 Å². The van der Waals surface area contributed by atoms with Crippen LogP contribution in [0.5, 0.6) is 0 Å². The predicted molar refractivity (Wildman–Crippen MR) is 93.3 cm³/mol. The van der Waals surface area contributed by atoms with E-state index in [2.05, 4.69) is 10.4 Å². The summed E-state index contributed by atoms with van der Waals surface area (Å²) >= 11 is 0. The zero-order valence-electron chi connectivity index (χ0n) is 14.5. The number of halogens is 1. The molecule has 2 fully saturated rings. The van der Waals surface area contributed by atoms with Gasteiger partial charge in [-0.25, -0.2) is 4.39 Å². The first kappa shape index (κ1) is 16.3. The van der Waals surface area contributed by atoms with Crippen molar-refractivity contribution in [1.82, 2.24) is 15.1 Å². The number of rotatable bonds is 5. The van der Waals surface area contributed by atoms with Gasteiger partial charge in [-0.15, -0.1) is 0 Å². The number of carbonyl (C=O) groups excluding carboxylic acids is 1. The number of hydrogen-bond acceptors (Lipinski definition) is 2. The van der Waals surface area contributed by atoms with Gasteiger partial charge in [-0.3, -0.25) is 9.48 Å². The van der Waals surface area contributed by atoms with E-state index in [0.29, 0.717) is 5.92 Å². The number of carbonyl (C=O) groups is 1. The van der Waals surface area contributed by atoms with Gasteiger partial charge in [0.25, 0.3) is 0 Å². The molecule has 2 saturated carbocycles. The molecule has 0 saturated heterocycles.